The fourth-order valence-electron chi connectivity index (χ4n) is 1.92. The van der Waals surface area contributed by atoms with Crippen molar-refractivity contribution in [3.63, 3.8) is 0 Å². The molecule has 2 aromatic rings. The molecule has 0 bridgehead atoms. The van der Waals surface area contributed by atoms with Crippen LogP contribution in [0, 0.1) is 0 Å². The van der Waals surface area contributed by atoms with E-state index in [1.807, 2.05) is 45.9 Å². The molecule has 20 heavy (non-hydrogen) atoms. The van der Waals surface area contributed by atoms with Gasteiger partial charge in [-0.3, -0.25) is 0 Å². The van der Waals surface area contributed by atoms with Crippen LogP contribution < -0.4 is 5.73 Å². The third-order valence-electron chi connectivity index (χ3n) is 3.35. The molecule has 0 amide bonds. The molecular formula is C16H23N3O. The van der Waals surface area contributed by atoms with Gasteiger partial charge in [0, 0.05) is 5.41 Å². The van der Waals surface area contributed by atoms with Gasteiger partial charge in [-0.1, -0.05) is 56.3 Å². The molecule has 1 heterocycles. The first-order valence-electron chi connectivity index (χ1n) is 6.96. The number of hydrogen-bond acceptors (Lipinski definition) is 4. The number of benzene rings is 1. The van der Waals surface area contributed by atoms with Gasteiger partial charge in [0.15, 0.2) is 5.82 Å². The highest BCUT2D eigenvalue weighted by Gasteiger charge is 2.30. The van der Waals surface area contributed by atoms with Crippen LogP contribution in [0.5, 0.6) is 0 Å². The van der Waals surface area contributed by atoms with Crippen LogP contribution in [-0.2, 0) is 17.4 Å². The lowest BCUT2D eigenvalue weighted by Crippen LogP contribution is -2.35. The van der Waals surface area contributed by atoms with E-state index in [2.05, 4.69) is 22.3 Å². The minimum atomic E-state index is -0.581. The molecule has 0 spiro atoms. The lowest BCUT2D eigenvalue weighted by atomic mass is 9.93. The fourth-order valence-corrected chi connectivity index (χ4v) is 1.92. The molecule has 0 aliphatic carbocycles. The van der Waals surface area contributed by atoms with Crippen LogP contribution in [0.3, 0.4) is 0 Å². The van der Waals surface area contributed by atoms with Crippen molar-refractivity contribution in [2.75, 3.05) is 0 Å². The molecular weight excluding hydrogens is 250 g/mol. The molecule has 1 atom stereocenters. The van der Waals surface area contributed by atoms with Gasteiger partial charge in [0.1, 0.15) is 0 Å². The average molecular weight is 273 g/mol. The lowest BCUT2D eigenvalue weighted by Gasteiger charge is -2.20. The molecule has 0 saturated carbocycles. The molecule has 1 aromatic carbocycles. The molecule has 4 nitrogen and oxygen atoms in total. The first-order valence-corrected chi connectivity index (χ1v) is 6.96. The van der Waals surface area contributed by atoms with Crippen molar-refractivity contribution in [2.45, 2.75) is 51.5 Å². The number of nitrogens with two attached hydrogens (primary N) is 1. The van der Waals surface area contributed by atoms with Crippen molar-refractivity contribution in [3.05, 3.63) is 47.6 Å². The van der Waals surface area contributed by atoms with Crippen LogP contribution in [-0.4, -0.2) is 10.1 Å². The summed E-state index contributed by atoms with van der Waals surface area (Å²) in [6, 6.07) is 10.3. The Morgan fingerprint density at radius 3 is 2.30 bits per heavy atom. The Kier molecular flexibility index (Phi) is 3.95. The molecule has 108 valence electrons. The molecule has 0 aliphatic rings. The predicted molar refractivity (Wildman–Crippen MR) is 79.3 cm³/mol. The highest BCUT2D eigenvalue weighted by atomic mass is 16.5. The van der Waals surface area contributed by atoms with Crippen molar-refractivity contribution >= 4 is 0 Å². The standard InChI is InChI=1S/C16H23N3O/c1-15(2,3)14-18-13(19-20-14)16(4,17)11-10-12-8-6-5-7-9-12/h5-9H,10-11,17H2,1-4H3. The van der Waals surface area contributed by atoms with Crippen LogP contribution in [0.15, 0.2) is 34.9 Å². The summed E-state index contributed by atoms with van der Waals surface area (Å²) in [6.45, 7) is 8.08. The lowest BCUT2D eigenvalue weighted by molar-refractivity contribution is 0.309. The van der Waals surface area contributed by atoms with Gasteiger partial charge < -0.3 is 10.3 Å². The van der Waals surface area contributed by atoms with Crippen LogP contribution in [0.25, 0.3) is 0 Å². The summed E-state index contributed by atoms with van der Waals surface area (Å²) in [5.41, 5.74) is 6.89. The average Bonchev–Trinajstić information content (AvgIpc) is 2.88. The number of hydrogen-bond donors (Lipinski definition) is 1. The molecule has 4 heteroatoms. The zero-order valence-corrected chi connectivity index (χ0v) is 12.7. The molecule has 2 N–H and O–H groups in total. The summed E-state index contributed by atoms with van der Waals surface area (Å²) in [5.74, 6) is 1.21. The maximum absolute atomic E-state index is 6.36. The molecule has 1 aromatic heterocycles. The first-order chi connectivity index (χ1) is 9.29. The maximum Gasteiger partial charge on any atom is 0.232 e. The van der Waals surface area contributed by atoms with E-state index in [0.29, 0.717) is 11.7 Å². The summed E-state index contributed by atoms with van der Waals surface area (Å²) in [4.78, 5) is 4.46. The van der Waals surface area contributed by atoms with Gasteiger partial charge in [-0.2, -0.15) is 4.98 Å². The van der Waals surface area contributed by atoms with Gasteiger partial charge in [-0.05, 0) is 25.3 Å². The summed E-state index contributed by atoms with van der Waals surface area (Å²) in [5, 5.41) is 4.06. The van der Waals surface area contributed by atoms with E-state index in [1.165, 1.54) is 5.56 Å². The van der Waals surface area contributed by atoms with E-state index < -0.39 is 5.54 Å². The Hall–Kier alpha value is -1.68. The van der Waals surface area contributed by atoms with E-state index in [9.17, 15) is 0 Å². The summed E-state index contributed by atoms with van der Waals surface area (Å²) >= 11 is 0. The smallest absolute Gasteiger partial charge is 0.232 e. The van der Waals surface area contributed by atoms with Gasteiger partial charge in [0.25, 0.3) is 0 Å². The zero-order valence-electron chi connectivity index (χ0n) is 12.7. The SMILES string of the molecule is CC(C)(C)c1nc(C(C)(N)CCc2ccccc2)no1. The third kappa shape index (κ3) is 3.45. The van der Waals surface area contributed by atoms with Crippen molar-refractivity contribution in [1.29, 1.82) is 0 Å². The molecule has 2 rings (SSSR count). The Bertz CT molecular complexity index is 553. The van der Waals surface area contributed by atoms with Gasteiger partial charge >= 0.3 is 0 Å². The van der Waals surface area contributed by atoms with Gasteiger partial charge in [0.05, 0.1) is 5.54 Å². The Labute approximate surface area is 120 Å². The molecule has 1 unspecified atom stereocenters. The van der Waals surface area contributed by atoms with Crippen LogP contribution >= 0.6 is 0 Å². The molecule has 0 fully saturated rings. The van der Waals surface area contributed by atoms with E-state index in [4.69, 9.17) is 10.3 Å². The number of rotatable bonds is 4. The van der Waals surface area contributed by atoms with Gasteiger partial charge in [0.2, 0.25) is 5.89 Å². The highest BCUT2D eigenvalue weighted by molar-refractivity contribution is 5.16. The van der Waals surface area contributed by atoms with Crippen molar-refractivity contribution in [2.24, 2.45) is 5.73 Å². The molecule has 0 radical (unpaired) electrons. The van der Waals surface area contributed by atoms with E-state index in [0.717, 1.165) is 12.8 Å². The van der Waals surface area contributed by atoms with Crippen molar-refractivity contribution < 1.29 is 4.52 Å². The second-order valence-corrected chi connectivity index (χ2v) is 6.58. The third-order valence-corrected chi connectivity index (χ3v) is 3.35. The van der Waals surface area contributed by atoms with Gasteiger partial charge in [-0.15, -0.1) is 0 Å². The summed E-state index contributed by atoms with van der Waals surface area (Å²) < 4.78 is 5.33. The Balaban J connectivity index is 2.08. The largest absolute Gasteiger partial charge is 0.339 e. The Morgan fingerprint density at radius 2 is 1.75 bits per heavy atom. The zero-order chi connectivity index (χ0) is 14.8. The first kappa shape index (κ1) is 14.7. The van der Waals surface area contributed by atoms with E-state index >= 15 is 0 Å². The van der Waals surface area contributed by atoms with Crippen LogP contribution in [0.1, 0.15) is 51.4 Å². The van der Waals surface area contributed by atoms with Crippen LogP contribution in [0.4, 0.5) is 0 Å². The molecule has 0 aliphatic heterocycles. The normalized spacial score (nSPS) is 15.1. The highest BCUT2D eigenvalue weighted by Crippen LogP contribution is 2.25. The Morgan fingerprint density at radius 1 is 1.10 bits per heavy atom. The van der Waals surface area contributed by atoms with E-state index in [-0.39, 0.29) is 5.41 Å². The topological polar surface area (TPSA) is 64.9 Å². The minimum absolute atomic E-state index is 0.152. The second kappa shape index (κ2) is 5.37. The number of aromatic nitrogens is 2. The quantitative estimate of drug-likeness (QED) is 0.929. The minimum Gasteiger partial charge on any atom is -0.339 e. The van der Waals surface area contributed by atoms with Crippen LogP contribution in [0.2, 0.25) is 0 Å². The summed E-state index contributed by atoms with van der Waals surface area (Å²) in [7, 11) is 0. The van der Waals surface area contributed by atoms with Crippen molar-refractivity contribution in [1.82, 2.24) is 10.1 Å². The fraction of sp³-hybridized carbons (Fsp3) is 0.500. The summed E-state index contributed by atoms with van der Waals surface area (Å²) in [6.07, 6.45) is 1.67. The molecule has 0 saturated heterocycles. The second-order valence-electron chi connectivity index (χ2n) is 6.58. The van der Waals surface area contributed by atoms with E-state index in [1.54, 1.807) is 0 Å². The van der Waals surface area contributed by atoms with Gasteiger partial charge in [-0.25, -0.2) is 0 Å². The number of nitrogens with zero attached hydrogens (tertiary/aromatic N) is 2. The maximum atomic E-state index is 6.36. The monoisotopic (exact) mass is 273 g/mol. The number of aryl methyl sites for hydroxylation is 1. The van der Waals surface area contributed by atoms with Crippen molar-refractivity contribution in [3.8, 4) is 0 Å². The predicted octanol–water partition coefficient (Wildman–Crippen LogP) is 3.17.